The molecule has 2 heterocycles. The van der Waals surface area contributed by atoms with Crippen molar-refractivity contribution < 1.29 is 33.9 Å². The number of aliphatic hydroxyl groups excluding tert-OH is 1. The van der Waals surface area contributed by atoms with E-state index in [0.29, 0.717) is 17.4 Å². The number of aliphatic hydroxyl groups is 3. The second kappa shape index (κ2) is 30.9. The van der Waals surface area contributed by atoms with Crippen LogP contribution in [0.2, 0.25) is 0 Å². The first-order chi connectivity index (χ1) is 27.2. The number of hydrogen-bond acceptors (Lipinski definition) is 9. The molecule has 2 rings (SSSR count). The van der Waals surface area contributed by atoms with Crippen molar-refractivity contribution in [1.29, 1.82) is 0 Å². The predicted molar refractivity (Wildman–Crippen MR) is 225 cm³/mol. The summed E-state index contributed by atoms with van der Waals surface area (Å²) in [6.45, 7) is 3.80. The van der Waals surface area contributed by atoms with Crippen LogP contribution in [0.5, 0.6) is 0 Å². The van der Waals surface area contributed by atoms with Crippen LogP contribution in [0.1, 0.15) is 200 Å². The standard InChI is InChI=1S/C45H80FN3O7/c1-3-5-7-9-11-13-15-17-19-21-23-25-27-29-31-33-35-54-44(52)40(38-50)56-42(49-37-39(46)41(47)48-43(49)51)45(44,53)55-36-34-32-30-28-26-24-22-20-18-16-14-12-10-8-6-4-2/h17-20,37,40,42,50,52-53H,3-16,21-36,38H2,1-2H3,(H2,47,48,51)/b19-17-,20-18-/t40-,42-,44+,45-/m1/s1. The van der Waals surface area contributed by atoms with Gasteiger partial charge < -0.3 is 35.3 Å². The fraction of sp³-hybridized carbons (Fsp3) is 0.822. The minimum atomic E-state index is -2.65. The molecule has 56 heavy (non-hydrogen) atoms. The van der Waals surface area contributed by atoms with Gasteiger partial charge in [0.1, 0.15) is 6.10 Å². The van der Waals surface area contributed by atoms with Gasteiger partial charge >= 0.3 is 5.69 Å². The fourth-order valence-corrected chi connectivity index (χ4v) is 7.32. The lowest BCUT2D eigenvalue weighted by molar-refractivity contribution is -0.385. The van der Waals surface area contributed by atoms with Gasteiger partial charge in [-0.3, -0.25) is 4.57 Å². The third kappa shape index (κ3) is 18.6. The summed E-state index contributed by atoms with van der Waals surface area (Å²) >= 11 is 0. The Bertz CT molecular complexity index is 1250. The van der Waals surface area contributed by atoms with Gasteiger partial charge in [-0.1, -0.05) is 154 Å². The molecular weight excluding hydrogens is 714 g/mol. The number of nitrogen functional groups attached to an aromatic ring is 1. The number of hydrogen-bond donors (Lipinski definition) is 4. The minimum Gasteiger partial charge on any atom is -0.393 e. The summed E-state index contributed by atoms with van der Waals surface area (Å²) in [6.07, 6.45) is 38.6. The van der Waals surface area contributed by atoms with Gasteiger partial charge in [0.2, 0.25) is 0 Å². The van der Waals surface area contributed by atoms with Crippen molar-refractivity contribution in [3.63, 3.8) is 0 Å². The highest BCUT2D eigenvalue weighted by Gasteiger charge is 2.70. The third-order valence-corrected chi connectivity index (χ3v) is 10.9. The predicted octanol–water partition coefficient (Wildman–Crippen LogP) is 10.3. The zero-order chi connectivity index (χ0) is 40.7. The number of nitrogens with zero attached hydrogens (tertiary/aromatic N) is 2. The van der Waals surface area contributed by atoms with E-state index in [4.69, 9.17) is 19.9 Å². The van der Waals surface area contributed by atoms with Crippen LogP contribution in [0.3, 0.4) is 0 Å². The molecule has 11 heteroatoms. The zero-order valence-corrected chi connectivity index (χ0v) is 35.3. The Morgan fingerprint density at radius 2 is 1.05 bits per heavy atom. The number of halogens is 1. The quantitative estimate of drug-likeness (QED) is 0.0296. The van der Waals surface area contributed by atoms with Gasteiger partial charge in [-0.05, 0) is 64.2 Å². The van der Waals surface area contributed by atoms with Crippen molar-refractivity contribution in [3.05, 3.63) is 46.8 Å². The Hall–Kier alpha value is -2.15. The Labute approximate surface area is 338 Å². The Balaban J connectivity index is 1.79. The van der Waals surface area contributed by atoms with E-state index in [0.717, 1.165) is 83.2 Å². The van der Waals surface area contributed by atoms with Crippen molar-refractivity contribution in [2.24, 2.45) is 0 Å². The molecule has 324 valence electrons. The number of anilines is 1. The Kier molecular flexibility index (Phi) is 27.6. The van der Waals surface area contributed by atoms with Crippen LogP contribution in [-0.2, 0) is 14.2 Å². The second-order valence-corrected chi connectivity index (χ2v) is 15.8. The lowest BCUT2D eigenvalue weighted by Gasteiger charge is -2.39. The van der Waals surface area contributed by atoms with E-state index in [-0.39, 0.29) is 13.2 Å². The lowest BCUT2D eigenvalue weighted by atomic mass is 10.0. The van der Waals surface area contributed by atoms with Crippen molar-refractivity contribution in [2.45, 2.75) is 218 Å². The van der Waals surface area contributed by atoms with E-state index in [1.807, 2.05) is 0 Å². The molecule has 0 spiro atoms. The summed E-state index contributed by atoms with van der Waals surface area (Å²) in [4.78, 5) is 16.3. The molecule has 10 nitrogen and oxygen atoms in total. The smallest absolute Gasteiger partial charge is 0.352 e. The molecule has 1 aromatic heterocycles. The number of aromatic nitrogens is 2. The molecule has 0 aliphatic carbocycles. The molecule has 1 aromatic rings. The van der Waals surface area contributed by atoms with E-state index in [9.17, 15) is 24.5 Å². The van der Waals surface area contributed by atoms with Gasteiger partial charge in [0.25, 0.3) is 11.6 Å². The molecule has 1 saturated heterocycles. The van der Waals surface area contributed by atoms with Gasteiger partial charge in [0.05, 0.1) is 26.0 Å². The second-order valence-electron chi connectivity index (χ2n) is 15.8. The molecule has 5 N–H and O–H groups in total. The summed E-state index contributed by atoms with van der Waals surface area (Å²) in [7, 11) is 0. The van der Waals surface area contributed by atoms with Crippen molar-refractivity contribution >= 4 is 5.82 Å². The molecule has 1 fully saturated rings. The maximum absolute atomic E-state index is 14.5. The molecule has 0 amide bonds. The van der Waals surface area contributed by atoms with E-state index < -0.39 is 47.8 Å². The van der Waals surface area contributed by atoms with Gasteiger partial charge in [-0.2, -0.15) is 4.98 Å². The summed E-state index contributed by atoms with van der Waals surface area (Å²) in [6, 6.07) is 0. The molecule has 1 aliphatic rings. The van der Waals surface area contributed by atoms with Gasteiger partial charge in [-0.25, -0.2) is 9.18 Å². The maximum atomic E-state index is 14.5. The zero-order valence-electron chi connectivity index (χ0n) is 35.3. The normalized spacial score (nSPS) is 21.3. The summed E-state index contributed by atoms with van der Waals surface area (Å²) in [5.74, 6) is -6.82. The van der Waals surface area contributed by atoms with Crippen molar-refractivity contribution in [1.82, 2.24) is 9.55 Å². The molecule has 0 saturated carbocycles. The van der Waals surface area contributed by atoms with E-state index in [2.05, 4.69) is 43.1 Å². The van der Waals surface area contributed by atoms with Crippen LogP contribution in [0.4, 0.5) is 10.2 Å². The van der Waals surface area contributed by atoms with Crippen LogP contribution in [-0.4, -0.2) is 62.4 Å². The molecule has 0 aromatic carbocycles. The van der Waals surface area contributed by atoms with Crippen LogP contribution in [0.25, 0.3) is 0 Å². The topological polar surface area (TPSA) is 149 Å². The average molecular weight is 794 g/mol. The Morgan fingerprint density at radius 1 is 0.679 bits per heavy atom. The number of unbranched alkanes of at least 4 members (excludes halogenated alkanes) is 24. The molecule has 1 aliphatic heterocycles. The fourth-order valence-electron chi connectivity index (χ4n) is 7.32. The molecule has 4 atom stereocenters. The van der Waals surface area contributed by atoms with Crippen LogP contribution in [0, 0.1) is 5.82 Å². The molecule has 0 radical (unpaired) electrons. The first-order valence-electron chi connectivity index (χ1n) is 22.6. The Morgan fingerprint density at radius 3 is 1.46 bits per heavy atom. The van der Waals surface area contributed by atoms with Gasteiger partial charge in [-0.15, -0.1) is 0 Å². The van der Waals surface area contributed by atoms with E-state index in [1.54, 1.807) is 0 Å². The van der Waals surface area contributed by atoms with Gasteiger partial charge in [0.15, 0.2) is 17.9 Å². The highest BCUT2D eigenvalue weighted by Crippen LogP contribution is 2.47. The van der Waals surface area contributed by atoms with E-state index in [1.165, 1.54) is 89.9 Å². The summed E-state index contributed by atoms with van der Waals surface area (Å²) in [5.41, 5.74) is 4.48. The summed E-state index contributed by atoms with van der Waals surface area (Å²) in [5, 5.41) is 34.0. The van der Waals surface area contributed by atoms with Crippen LogP contribution in [0.15, 0.2) is 35.3 Å². The van der Waals surface area contributed by atoms with E-state index >= 15 is 0 Å². The summed E-state index contributed by atoms with van der Waals surface area (Å²) < 4.78 is 32.8. The number of nitrogens with two attached hydrogens (primary N) is 1. The number of allylic oxidation sites excluding steroid dienone is 4. The number of rotatable bonds is 36. The highest BCUT2D eigenvalue weighted by atomic mass is 19.1. The third-order valence-electron chi connectivity index (χ3n) is 10.9. The molecular formula is C45H80FN3O7. The van der Waals surface area contributed by atoms with Crippen molar-refractivity contribution in [2.75, 3.05) is 25.6 Å². The lowest BCUT2D eigenvalue weighted by Crippen LogP contribution is -2.62. The molecule has 0 unspecified atom stereocenters. The maximum Gasteiger partial charge on any atom is 0.352 e. The first kappa shape index (κ1) is 50.0. The highest BCUT2D eigenvalue weighted by molar-refractivity contribution is 5.26. The first-order valence-corrected chi connectivity index (χ1v) is 22.6. The monoisotopic (exact) mass is 794 g/mol. The van der Waals surface area contributed by atoms with Gasteiger partial charge in [0, 0.05) is 0 Å². The molecule has 0 bridgehead atoms. The van der Waals surface area contributed by atoms with Crippen LogP contribution >= 0.6 is 0 Å². The average Bonchev–Trinajstić information content (AvgIpc) is 3.40. The van der Waals surface area contributed by atoms with Crippen molar-refractivity contribution in [3.8, 4) is 0 Å². The largest absolute Gasteiger partial charge is 0.393 e. The number of ether oxygens (including phenoxy) is 3. The SMILES string of the molecule is CCCCCCCC/C=C\CCCCCCCCO[C@@]1(O)[C@@H](CO)O[C@@H](n2cc(F)c(N)nc2=O)[C@@]1(O)OCCCCCCCC/C=C\CCCCCCCC. The minimum absolute atomic E-state index is 0.00916. The van der Waals surface area contributed by atoms with Crippen LogP contribution < -0.4 is 11.4 Å².